The number of aliphatic imine (C=N–C) groups is 1. The van der Waals surface area contributed by atoms with E-state index in [0.29, 0.717) is 6.04 Å². The number of guanidine groups is 1. The molecule has 0 bridgehead atoms. The minimum Gasteiger partial charge on any atom is -0.396 e. The number of halogens is 1. The first kappa shape index (κ1) is 17.0. The van der Waals surface area contributed by atoms with E-state index in [1.165, 1.54) is 6.42 Å². The third-order valence-corrected chi connectivity index (χ3v) is 4.11. The summed E-state index contributed by atoms with van der Waals surface area (Å²) in [6.07, 6.45) is 3.03. The molecule has 0 radical (unpaired) electrons. The largest absolute Gasteiger partial charge is 0.396 e. The molecule has 2 rings (SSSR count). The predicted molar refractivity (Wildman–Crippen MR) is 87.1 cm³/mol. The van der Waals surface area contributed by atoms with E-state index in [-0.39, 0.29) is 36.0 Å². The normalized spacial score (nSPS) is 33.7. The quantitative estimate of drug-likeness (QED) is 0.376. The van der Waals surface area contributed by atoms with Gasteiger partial charge >= 0.3 is 0 Å². The fourth-order valence-electron chi connectivity index (χ4n) is 2.48. The number of aliphatic hydroxyl groups excluding tert-OH is 1. The van der Waals surface area contributed by atoms with Gasteiger partial charge in [0.1, 0.15) is 0 Å². The summed E-state index contributed by atoms with van der Waals surface area (Å²) in [4.78, 5) is 4.25. The highest BCUT2D eigenvalue weighted by molar-refractivity contribution is 14.0. The smallest absolute Gasteiger partial charge is 0.191 e. The van der Waals surface area contributed by atoms with Crippen molar-refractivity contribution in [2.45, 2.75) is 32.2 Å². The van der Waals surface area contributed by atoms with Crippen LogP contribution in [0.3, 0.4) is 0 Å². The molecule has 3 unspecified atom stereocenters. The van der Waals surface area contributed by atoms with Gasteiger partial charge in [0.25, 0.3) is 0 Å². The summed E-state index contributed by atoms with van der Waals surface area (Å²) in [5.41, 5.74) is 0.0710. The second-order valence-corrected chi connectivity index (χ2v) is 5.67. The summed E-state index contributed by atoms with van der Waals surface area (Å²) < 4.78 is 5.48. The lowest BCUT2D eigenvalue weighted by Crippen LogP contribution is -2.45. The molecule has 3 N–H and O–H groups in total. The fraction of sp³-hybridized carbons (Fsp3) is 0.923. The summed E-state index contributed by atoms with van der Waals surface area (Å²) in [6.45, 7) is 4.80. The van der Waals surface area contributed by atoms with Gasteiger partial charge in [0.2, 0.25) is 0 Å². The Hall–Kier alpha value is -0.0800. The maximum absolute atomic E-state index is 9.18. The maximum atomic E-state index is 9.18. The standard InChI is InChI=1S/C13H25N3O2.HI/c1-10-7-11(10)16-12(14-2)15-8-13(3-5-17)4-6-18-9-13;/h10-11,17H,3-9H2,1-2H3,(H2,14,15,16);1H. The topological polar surface area (TPSA) is 65.9 Å². The van der Waals surface area contributed by atoms with Crippen LogP contribution < -0.4 is 10.6 Å². The molecule has 112 valence electrons. The third kappa shape index (κ3) is 4.75. The predicted octanol–water partition coefficient (Wildman–Crippen LogP) is 0.967. The van der Waals surface area contributed by atoms with Gasteiger partial charge in [-0.15, -0.1) is 24.0 Å². The fourth-order valence-corrected chi connectivity index (χ4v) is 2.48. The Labute approximate surface area is 132 Å². The van der Waals surface area contributed by atoms with Crippen molar-refractivity contribution in [2.75, 3.05) is 33.4 Å². The van der Waals surface area contributed by atoms with Crippen molar-refractivity contribution in [2.24, 2.45) is 16.3 Å². The SMILES string of the molecule is CN=C(NCC1(CCO)CCOC1)NC1CC1C.I. The van der Waals surface area contributed by atoms with Crippen LogP contribution in [-0.4, -0.2) is 50.5 Å². The highest BCUT2D eigenvalue weighted by Crippen LogP contribution is 2.31. The van der Waals surface area contributed by atoms with Crippen molar-refractivity contribution in [3.05, 3.63) is 0 Å². The van der Waals surface area contributed by atoms with Crippen LogP contribution in [0.5, 0.6) is 0 Å². The molecule has 6 heteroatoms. The first-order valence-corrected chi connectivity index (χ1v) is 6.85. The van der Waals surface area contributed by atoms with E-state index in [1.807, 2.05) is 0 Å². The van der Waals surface area contributed by atoms with Crippen LogP contribution in [0, 0.1) is 11.3 Å². The Morgan fingerprint density at radius 2 is 2.26 bits per heavy atom. The van der Waals surface area contributed by atoms with Gasteiger partial charge in [-0.1, -0.05) is 6.92 Å². The van der Waals surface area contributed by atoms with Gasteiger partial charge in [0.15, 0.2) is 5.96 Å². The molecule has 1 aliphatic carbocycles. The highest BCUT2D eigenvalue weighted by atomic mass is 127. The monoisotopic (exact) mass is 383 g/mol. The summed E-state index contributed by atoms with van der Waals surface area (Å²) in [6, 6.07) is 0.574. The van der Waals surface area contributed by atoms with E-state index in [9.17, 15) is 5.11 Å². The zero-order valence-electron chi connectivity index (χ0n) is 11.8. The van der Waals surface area contributed by atoms with Crippen LogP contribution in [0.15, 0.2) is 4.99 Å². The average molecular weight is 383 g/mol. The first-order chi connectivity index (χ1) is 8.69. The second kappa shape index (κ2) is 7.64. The van der Waals surface area contributed by atoms with Crippen LogP contribution >= 0.6 is 24.0 Å². The number of aliphatic hydroxyl groups is 1. The van der Waals surface area contributed by atoms with Crippen molar-refractivity contribution in [1.29, 1.82) is 0 Å². The van der Waals surface area contributed by atoms with E-state index in [4.69, 9.17) is 4.74 Å². The lowest BCUT2D eigenvalue weighted by molar-refractivity contribution is 0.127. The maximum Gasteiger partial charge on any atom is 0.191 e. The number of hydrogen-bond acceptors (Lipinski definition) is 3. The van der Waals surface area contributed by atoms with Crippen LogP contribution in [0.2, 0.25) is 0 Å². The summed E-state index contributed by atoms with van der Waals surface area (Å²) in [5.74, 6) is 1.62. The van der Waals surface area contributed by atoms with Gasteiger partial charge in [-0.3, -0.25) is 4.99 Å². The van der Waals surface area contributed by atoms with Crippen LogP contribution in [0.4, 0.5) is 0 Å². The van der Waals surface area contributed by atoms with Crippen molar-refractivity contribution in [3.63, 3.8) is 0 Å². The molecule has 1 saturated carbocycles. The molecular weight excluding hydrogens is 357 g/mol. The molecular formula is C13H26IN3O2. The van der Waals surface area contributed by atoms with E-state index < -0.39 is 0 Å². The Bertz CT molecular complexity index is 306. The number of ether oxygens (including phenoxy) is 1. The van der Waals surface area contributed by atoms with Gasteiger partial charge < -0.3 is 20.5 Å². The molecule has 0 aromatic carbocycles. The number of nitrogens with one attached hydrogen (secondary N) is 2. The van der Waals surface area contributed by atoms with Crippen LogP contribution in [-0.2, 0) is 4.74 Å². The molecule has 1 saturated heterocycles. The van der Waals surface area contributed by atoms with Gasteiger partial charge in [0.05, 0.1) is 6.61 Å². The summed E-state index contributed by atoms with van der Waals surface area (Å²) >= 11 is 0. The Morgan fingerprint density at radius 3 is 2.74 bits per heavy atom. The molecule has 0 aromatic rings. The van der Waals surface area contributed by atoms with Crippen LogP contribution in [0.25, 0.3) is 0 Å². The molecule has 3 atom stereocenters. The minimum atomic E-state index is 0. The second-order valence-electron chi connectivity index (χ2n) is 5.67. The summed E-state index contributed by atoms with van der Waals surface area (Å²) in [5, 5.41) is 16.0. The lowest BCUT2D eigenvalue weighted by atomic mass is 9.84. The number of rotatable bonds is 5. The molecule has 0 amide bonds. The summed E-state index contributed by atoms with van der Waals surface area (Å²) in [7, 11) is 1.80. The lowest BCUT2D eigenvalue weighted by Gasteiger charge is -2.27. The molecule has 2 aliphatic rings. The third-order valence-electron chi connectivity index (χ3n) is 4.11. The molecule has 1 heterocycles. The van der Waals surface area contributed by atoms with E-state index >= 15 is 0 Å². The van der Waals surface area contributed by atoms with Crippen LogP contribution in [0.1, 0.15) is 26.2 Å². The van der Waals surface area contributed by atoms with E-state index in [1.54, 1.807) is 7.05 Å². The molecule has 1 aliphatic heterocycles. The molecule has 0 aromatic heterocycles. The van der Waals surface area contributed by atoms with Gasteiger partial charge in [-0.2, -0.15) is 0 Å². The zero-order valence-corrected chi connectivity index (χ0v) is 14.1. The molecule has 19 heavy (non-hydrogen) atoms. The zero-order chi connectivity index (χ0) is 13.0. The van der Waals surface area contributed by atoms with Gasteiger partial charge in [-0.05, 0) is 25.2 Å². The first-order valence-electron chi connectivity index (χ1n) is 6.85. The Morgan fingerprint density at radius 1 is 1.53 bits per heavy atom. The molecule has 2 fully saturated rings. The molecule has 5 nitrogen and oxygen atoms in total. The Balaban J connectivity index is 0.00000180. The van der Waals surface area contributed by atoms with Gasteiger partial charge in [0, 0.05) is 38.3 Å². The number of hydrogen-bond donors (Lipinski definition) is 3. The minimum absolute atomic E-state index is 0. The Kier molecular flexibility index (Phi) is 6.82. The van der Waals surface area contributed by atoms with E-state index in [0.717, 1.165) is 44.5 Å². The highest BCUT2D eigenvalue weighted by Gasteiger charge is 2.36. The van der Waals surface area contributed by atoms with Gasteiger partial charge in [-0.25, -0.2) is 0 Å². The van der Waals surface area contributed by atoms with Crippen molar-refractivity contribution >= 4 is 29.9 Å². The average Bonchev–Trinajstić information content (AvgIpc) is 2.87. The molecule has 0 spiro atoms. The van der Waals surface area contributed by atoms with Crippen molar-refractivity contribution < 1.29 is 9.84 Å². The number of nitrogens with zero attached hydrogens (tertiary/aromatic N) is 1. The van der Waals surface area contributed by atoms with E-state index in [2.05, 4.69) is 22.5 Å². The van der Waals surface area contributed by atoms with Crippen molar-refractivity contribution in [1.82, 2.24) is 10.6 Å². The van der Waals surface area contributed by atoms with Crippen molar-refractivity contribution in [3.8, 4) is 0 Å².